The number of rotatable bonds is 11. The van der Waals surface area contributed by atoms with Crippen LogP contribution in [0.2, 0.25) is 0 Å². The van der Waals surface area contributed by atoms with Gasteiger partial charge in [-0.25, -0.2) is 4.79 Å². The maximum Gasteiger partial charge on any atom is 0.340 e. The summed E-state index contributed by atoms with van der Waals surface area (Å²) in [6.07, 6.45) is -2.06. The molecule has 7 N–H and O–H groups in total. The van der Waals surface area contributed by atoms with Crippen LogP contribution >= 0.6 is 11.8 Å². The van der Waals surface area contributed by atoms with E-state index in [1.807, 2.05) is 0 Å². The molecule has 1 saturated heterocycles. The predicted molar refractivity (Wildman–Crippen MR) is 140 cm³/mol. The minimum atomic E-state index is -1.55. The number of thioether (sulfide) groups is 1. The molecule has 37 heavy (non-hydrogen) atoms. The van der Waals surface area contributed by atoms with Crippen molar-refractivity contribution < 1.29 is 39.5 Å². The van der Waals surface area contributed by atoms with Gasteiger partial charge in [0.2, 0.25) is 5.91 Å². The first kappa shape index (κ1) is 29.7. The average molecular weight is 541 g/mol. The number of anilines is 1. The normalized spacial score (nSPS) is 31.5. The number of nitrogen functional groups attached to an aromatic ring is 1. The van der Waals surface area contributed by atoms with Crippen LogP contribution < -0.4 is 11.1 Å². The highest BCUT2D eigenvalue weighted by atomic mass is 32.2. The van der Waals surface area contributed by atoms with Crippen LogP contribution in [-0.4, -0.2) is 86.7 Å². The van der Waals surface area contributed by atoms with Crippen LogP contribution in [0.3, 0.4) is 0 Å². The van der Waals surface area contributed by atoms with Crippen molar-refractivity contribution in [1.29, 1.82) is 0 Å². The topological polar surface area (TPSA) is 172 Å². The fraction of sp³-hybridized carbons (Fsp3) is 0.692. The molecule has 0 spiro atoms. The van der Waals surface area contributed by atoms with Gasteiger partial charge in [0.15, 0.2) is 0 Å². The number of carbonyl (C=O) groups is 2. The van der Waals surface area contributed by atoms with Crippen molar-refractivity contribution in [1.82, 2.24) is 5.32 Å². The lowest BCUT2D eigenvalue weighted by Gasteiger charge is -2.44. The van der Waals surface area contributed by atoms with Crippen molar-refractivity contribution in [3.63, 3.8) is 0 Å². The summed E-state index contributed by atoms with van der Waals surface area (Å²) in [5.74, 6) is -0.234. The Morgan fingerprint density at radius 2 is 1.92 bits per heavy atom. The van der Waals surface area contributed by atoms with Crippen LogP contribution in [0.1, 0.15) is 56.3 Å². The maximum atomic E-state index is 13.0. The quantitative estimate of drug-likeness (QED) is 0.135. The van der Waals surface area contributed by atoms with Gasteiger partial charge in [-0.3, -0.25) is 4.79 Å². The first-order valence-corrected chi connectivity index (χ1v) is 14.0. The molecule has 0 unspecified atom stereocenters. The number of esters is 1. The van der Waals surface area contributed by atoms with Gasteiger partial charge in [-0.15, -0.1) is 11.8 Å². The van der Waals surface area contributed by atoms with Crippen molar-refractivity contribution in [3.8, 4) is 0 Å². The number of hydrogen-bond acceptors (Lipinski definition) is 10. The minimum absolute atomic E-state index is 0.00902. The van der Waals surface area contributed by atoms with Gasteiger partial charge >= 0.3 is 5.97 Å². The molecule has 9 atom stereocenters. The van der Waals surface area contributed by atoms with Crippen molar-refractivity contribution in [2.75, 3.05) is 18.1 Å². The first-order valence-electron chi connectivity index (χ1n) is 12.9. The van der Waals surface area contributed by atoms with E-state index < -0.39 is 48.0 Å². The number of hydrogen-bond donors (Lipinski definition) is 6. The molecule has 0 aromatic heterocycles. The molecule has 2 fully saturated rings. The third-order valence-electron chi connectivity index (χ3n) is 7.18. The lowest BCUT2D eigenvalue weighted by Crippen LogP contribution is -2.65. The lowest BCUT2D eigenvalue weighted by molar-refractivity contribution is -0.211. The van der Waals surface area contributed by atoms with E-state index in [0.29, 0.717) is 11.6 Å². The highest BCUT2D eigenvalue weighted by Gasteiger charge is 2.48. The first-order chi connectivity index (χ1) is 17.6. The zero-order chi connectivity index (χ0) is 27.1. The molecule has 0 bridgehead atoms. The summed E-state index contributed by atoms with van der Waals surface area (Å²) in [4.78, 5) is 25.2. The zero-order valence-electron chi connectivity index (χ0n) is 21.4. The van der Waals surface area contributed by atoms with Gasteiger partial charge in [0.05, 0.1) is 17.7 Å². The molecule has 10 nitrogen and oxygen atoms in total. The standard InChI is InChI=1S/C26H40N2O8S/c1-3-6-15-9-10-16(13-15)24(33)28-19(14(2)29)23-21(31)20(30)22(32)26(36-23)37-12-11-35-25(34)17-7-4-5-8-18(17)27/h4-5,7-8,14-16,19-23,26,29-32H,3,6,9-13,27H2,1-2H3,(H,28,33)/t14-,15+,16+,19-,20+,21-,22-,23-,26-/m1/s1. The second-order valence-electron chi connectivity index (χ2n) is 9.97. The monoisotopic (exact) mass is 540 g/mol. The summed E-state index contributed by atoms with van der Waals surface area (Å²) in [5, 5.41) is 44.9. The van der Waals surface area contributed by atoms with Crippen LogP contribution in [0.5, 0.6) is 0 Å². The number of amides is 1. The summed E-state index contributed by atoms with van der Waals surface area (Å²) in [6.45, 7) is 3.59. The molecule has 1 heterocycles. The Labute approximate surface area is 221 Å². The Balaban J connectivity index is 1.57. The number of carbonyl (C=O) groups excluding carboxylic acids is 2. The van der Waals surface area contributed by atoms with E-state index in [0.717, 1.165) is 43.9 Å². The smallest absolute Gasteiger partial charge is 0.340 e. The molecule has 208 valence electrons. The maximum absolute atomic E-state index is 13.0. The Morgan fingerprint density at radius 1 is 1.19 bits per heavy atom. The highest BCUT2D eigenvalue weighted by molar-refractivity contribution is 7.99. The predicted octanol–water partition coefficient (Wildman–Crippen LogP) is 1.05. The molecule has 1 aromatic carbocycles. The van der Waals surface area contributed by atoms with Gasteiger partial charge < -0.3 is 41.0 Å². The molecule has 1 aromatic rings. The van der Waals surface area contributed by atoms with Crippen LogP contribution in [0.4, 0.5) is 5.69 Å². The molecule has 3 rings (SSSR count). The van der Waals surface area contributed by atoms with Gasteiger partial charge in [0.25, 0.3) is 0 Å². The van der Waals surface area contributed by atoms with E-state index in [1.54, 1.807) is 24.3 Å². The van der Waals surface area contributed by atoms with E-state index >= 15 is 0 Å². The van der Waals surface area contributed by atoms with E-state index in [-0.39, 0.29) is 29.7 Å². The molecule has 1 aliphatic carbocycles. The molecule has 11 heteroatoms. The molecule has 2 aliphatic rings. The second-order valence-corrected chi connectivity index (χ2v) is 11.2. The molecule has 1 aliphatic heterocycles. The Hall–Kier alpha value is -1.89. The molecular weight excluding hydrogens is 500 g/mol. The summed E-state index contributed by atoms with van der Waals surface area (Å²) in [6, 6.07) is 5.55. The van der Waals surface area contributed by atoms with Gasteiger partial charge in [-0.2, -0.15) is 0 Å². The van der Waals surface area contributed by atoms with E-state index in [4.69, 9.17) is 15.2 Å². The number of aliphatic hydroxyl groups is 4. The van der Waals surface area contributed by atoms with E-state index in [9.17, 15) is 30.0 Å². The fourth-order valence-electron chi connectivity index (χ4n) is 5.11. The number of aliphatic hydroxyl groups excluding tert-OH is 4. The van der Waals surface area contributed by atoms with Crippen LogP contribution in [0.25, 0.3) is 0 Å². The van der Waals surface area contributed by atoms with E-state index in [2.05, 4.69) is 12.2 Å². The second kappa shape index (κ2) is 13.8. The van der Waals surface area contributed by atoms with Gasteiger partial charge in [-0.1, -0.05) is 31.9 Å². The van der Waals surface area contributed by atoms with Crippen LogP contribution in [0, 0.1) is 11.8 Å². The average Bonchev–Trinajstić information content (AvgIpc) is 3.34. The Bertz CT molecular complexity index is 903. The SMILES string of the molecule is CCC[C@H]1CC[C@H](C(=O)N[C@@H]([C@H]2O[C@H](SCCOC(=O)c3ccccc3N)[C@H](O)[C@@H](O)[C@H]2O)[C@@H](C)O)C1. The number of para-hydroxylation sites is 1. The van der Waals surface area contributed by atoms with Crippen LogP contribution in [0.15, 0.2) is 24.3 Å². The Morgan fingerprint density at radius 3 is 2.59 bits per heavy atom. The fourth-order valence-corrected chi connectivity index (χ4v) is 6.09. The van der Waals surface area contributed by atoms with Crippen LogP contribution in [-0.2, 0) is 14.3 Å². The van der Waals surface area contributed by atoms with E-state index in [1.165, 1.54) is 6.92 Å². The number of ether oxygens (including phenoxy) is 2. The third-order valence-corrected chi connectivity index (χ3v) is 8.30. The highest BCUT2D eigenvalue weighted by Crippen LogP contribution is 2.35. The number of benzene rings is 1. The third kappa shape index (κ3) is 7.58. The van der Waals surface area contributed by atoms with Gasteiger partial charge in [-0.05, 0) is 44.2 Å². The Kier molecular flexibility index (Phi) is 11.0. The van der Waals surface area contributed by atoms with Gasteiger partial charge in [0.1, 0.15) is 36.5 Å². The molecular formula is C26H40N2O8S. The lowest BCUT2D eigenvalue weighted by atomic mass is 9.91. The van der Waals surface area contributed by atoms with Crippen molar-refractivity contribution in [3.05, 3.63) is 29.8 Å². The largest absolute Gasteiger partial charge is 0.461 e. The van der Waals surface area contributed by atoms with Gasteiger partial charge in [0, 0.05) is 17.4 Å². The molecule has 1 saturated carbocycles. The van der Waals surface area contributed by atoms with Crippen molar-refractivity contribution in [2.24, 2.45) is 11.8 Å². The summed E-state index contributed by atoms with van der Waals surface area (Å²) >= 11 is 1.09. The molecule has 0 radical (unpaired) electrons. The summed E-state index contributed by atoms with van der Waals surface area (Å²) in [7, 11) is 0. The number of nitrogens with two attached hydrogens (primary N) is 1. The zero-order valence-corrected chi connectivity index (χ0v) is 22.2. The molecule has 1 amide bonds. The van der Waals surface area contributed by atoms with Crippen molar-refractivity contribution >= 4 is 29.3 Å². The van der Waals surface area contributed by atoms with Crippen molar-refractivity contribution in [2.45, 2.75) is 87.9 Å². The summed E-state index contributed by atoms with van der Waals surface area (Å²) < 4.78 is 11.2. The minimum Gasteiger partial charge on any atom is -0.461 e. The summed E-state index contributed by atoms with van der Waals surface area (Å²) in [5.41, 5.74) is 5.36. The number of nitrogens with one attached hydrogen (secondary N) is 1.